The lowest BCUT2D eigenvalue weighted by Gasteiger charge is -2.29. The van der Waals surface area contributed by atoms with Gasteiger partial charge in [0.2, 0.25) is 0 Å². The number of nitrogens with zero attached hydrogens (tertiary/aromatic N) is 1. The van der Waals surface area contributed by atoms with Crippen molar-refractivity contribution in [2.24, 2.45) is 5.92 Å². The Morgan fingerprint density at radius 1 is 1.20 bits per heavy atom. The second-order valence-corrected chi connectivity index (χ2v) is 6.50. The molecule has 2 nitrogen and oxygen atoms in total. The largest absolute Gasteiger partial charge is 0.368 e. The van der Waals surface area contributed by atoms with Gasteiger partial charge in [0.15, 0.2) is 0 Å². The maximum absolute atomic E-state index is 6.48. The summed E-state index contributed by atoms with van der Waals surface area (Å²) in [6, 6.07) is 6.90. The number of nitrogens with one attached hydrogen (secondary N) is 1. The van der Waals surface area contributed by atoms with Crippen LogP contribution in [0.25, 0.3) is 0 Å². The standard InChI is InChI=1S/C17H29ClN2/c1-6-9-20(14(4)5)17-8-7-15(10-16(17)18)12-19-11-13(2)3/h7-8,10,13-14,19H,6,9,11-12H2,1-5H3. The van der Waals surface area contributed by atoms with Gasteiger partial charge >= 0.3 is 0 Å². The fraction of sp³-hybridized carbons (Fsp3) is 0.647. The molecule has 0 aliphatic rings. The van der Waals surface area contributed by atoms with Crippen LogP contribution in [0.5, 0.6) is 0 Å². The van der Waals surface area contributed by atoms with Crippen molar-refractivity contribution in [3.05, 3.63) is 28.8 Å². The Morgan fingerprint density at radius 3 is 2.40 bits per heavy atom. The first-order valence-corrected chi connectivity index (χ1v) is 8.09. The molecule has 114 valence electrons. The van der Waals surface area contributed by atoms with E-state index in [-0.39, 0.29) is 0 Å². The van der Waals surface area contributed by atoms with Crippen molar-refractivity contribution in [1.29, 1.82) is 0 Å². The van der Waals surface area contributed by atoms with E-state index in [1.165, 1.54) is 5.56 Å². The minimum Gasteiger partial charge on any atom is -0.368 e. The van der Waals surface area contributed by atoms with Crippen molar-refractivity contribution in [3.8, 4) is 0 Å². The molecule has 3 heteroatoms. The highest BCUT2D eigenvalue weighted by Gasteiger charge is 2.13. The van der Waals surface area contributed by atoms with Gasteiger partial charge in [0, 0.05) is 19.1 Å². The van der Waals surface area contributed by atoms with Crippen LogP contribution < -0.4 is 10.2 Å². The van der Waals surface area contributed by atoms with Gasteiger partial charge in [0.1, 0.15) is 0 Å². The molecule has 0 amide bonds. The van der Waals surface area contributed by atoms with E-state index in [1.807, 2.05) is 0 Å². The fourth-order valence-electron chi connectivity index (χ4n) is 2.30. The second kappa shape index (κ2) is 8.53. The molecular weight excluding hydrogens is 268 g/mol. The number of benzene rings is 1. The van der Waals surface area contributed by atoms with E-state index >= 15 is 0 Å². The maximum atomic E-state index is 6.48. The number of anilines is 1. The molecule has 0 heterocycles. The summed E-state index contributed by atoms with van der Waals surface area (Å²) in [5, 5.41) is 4.31. The molecule has 0 aromatic heterocycles. The molecule has 0 radical (unpaired) electrons. The smallest absolute Gasteiger partial charge is 0.0642 e. The van der Waals surface area contributed by atoms with E-state index < -0.39 is 0 Å². The van der Waals surface area contributed by atoms with E-state index in [0.717, 1.165) is 36.8 Å². The van der Waals surface area contributed by atoms with Crippen molar-refractivity contribution in [1.82, 2.24) is 5.32 Å². The van der Waals surface area contributed by atoms with Crippen molar-refractivity contribution >= 4 is 17.3 Å². The molecule has 0 spiro atoms. The molecule has 0 saturated carbocycles. The first kappa shape index (κ1) is 17.3. The zero-order valence-corrected chi connectivity index (χ0v) is 14.3. The van der Waals surface area contributed by atoms with E-state index in [9.17, 15) is 0 Å². The molecule has 0 aliphatic carbocycles. The van der Waals surface area contributed by atoms with E-state index in [0.29, 0.717) is 12.0 Å². The Morgan fingerprint density at radius 2 is 1.90 bits per heavy atom. The summed E-state index contributed by atoms with van der Waals surface area (Å²) in [4.78, 5) is 2.37. The highest BCUT2D eigenvalue weighted by atomic mass is 35.5. The van der Waals surface area contributed by atoms with Gasteiger partial charge in [0.25, 0.3) is 0 Å². The van der Waals surface area contributed by atoms with Gasteiger partial charge in [-0.2, -0.15) is 0 Å². The lowest BCUT2D eigenvalue weighted by atomic mass is 10.1. The lowest BCUT2D eigenvalue weighted by molar-refractivity contribution is 0.552. The molecule has 20 heavy (non-hydrogen) atoms. The topological polar surface area (TPSA) is 15.3 Å². The van der Waals surface area contributed by atoms with Crippen LogP contribution in [0.15, 0.2) is 18.2 Å². The van der Waals surface area contributed by atoms with Gasteiger partial charge in [-0.15, -0.1) is 0 Å². The monoisotopic (exact) mass is 296 g/mol. The number of rotatable bonds is 8. The Balaban J connectivity index is 2.76. The zero-order valence-electron chi connectivity index (χ0n) is 13.5. The Hall–Kier alpha value is -0.730. The van der Waals surface area contributed by atoms with Crippen LogP contribution in [0.4, 0.5) is 5.69 Å². The SMILES string of the molecule is CCCN(c1ccc(CNCC(C)C)cc1Cl)C(C)C. The van der Waals surface area contributed by atoms with Crippen molar-refractivity contribution in [2.45, 2.75) is 53.6 Å². The van der Waals surface area contributed by atoms with Gasteiger partial charge < -0.3 is 10.2 Å². The molecule has 1 N–H and O–H groups in total. The van der Waals surface area contributed by atoms with E-state index in [4.69, 9.17) is 11.6 Å². The van der Waals surface area contributed by atoms with Gasteiger partial charge in [-0.3, -0.25) is 0 Å². The van der Waals surface area contributed by atoms with Gasteiger partial charge in [-0.1, -0.05) is 38.4 Å². The quantitative estimate of drug-likeness (QED) is 0.747. The number of hydrogen-bond donors (Lipinski definition) is 1. The third-order valence-electron chi connectivity index (χ3n) is 3.29. The first-order chi connectivity index (χ1) is 9.45. The zero-order chi connectivity index (χ0) is 15.1. The van der Waals surface area contributed by atoms with Crippen molar-refractivity contribution < 1.29 is 0 Å². The van der Waals surface area contributed by atoms with Gasteiger partial charge in [-0.05, 0) is 50.4 Å². The summed E-state index contributed by atoms with van der Waals surface area (Å²) in [6.45, 7) is 14.0. The summed E-state index contributed by atoms with van der Waals surface area (Å²) in [5.41, 5.74) is 2.40. The van der Waals surface area contributed by atoms with Gasteiger partial charge in [-0.25, -0.2) is 0 Å². The molecule has 1 aromatic carbocycles. The maximum Gasteiger partial charge on any atom is 0.0642 e. The third-order valence-corrected chi connectivity index (χ3v) is 3.59. The summed E-state index contributed by atoms with van der Waals surface area (Å²) >= 11 is 6.48. The van der Waals surface area contributed by atoms with E-state index in [2.05, 4.69) is 63.0 Å². The Bertz CT molecular complexity index is 402. The molecule has 0 bridgehead atoms. The van der Waals surface area contributed by atoms with Crippen LogP contribution in [0, 0.1) is 5.92 Å². The highest BCUT2D eigenvalue weighted by Crippen LogP contribution is 2.28. The first-order valence-electron chi connectivity index (χ1n) is 7.71. The number of hydrogen-bond acceptors (Lipinski definition) is 2. The molecule has 0 aliphatic heterocycles. The molecule has 0 unspecified atom stereocenters. The minimum atomic E-state index is 0.470. The minimum absolute atomic E-state index is 0.470. The molecule has 1 rings (SSSR count). The van der Waals surface area contributed by atoms with Gasteiger partial charge in [0.05, 0.1) is 10.7 Å². The van der Waals surface area contributed by atoms with Crippen LogP contribution in [0.1, 0.15) is 46.6 Å². The summed E-state index contributed by atoms with van der Waals surface area (Å²) in [6.07, 6.45) is 1.13. The molecular formula is C17H29ClN2. The average Bonchev–Trinajstić information content (AvgIpc) is 2.36. The Kier molecular flexibility index (Phi) is 7.39. The average molecular weight is 297 g/mol. The van der Waals surface area contributed by atoms with Crippen molar-refractivity contribution in [2.75, 3.05) is 18.0 Å². The van der Waals surface area contributed by atoms with Crippen LogP contribution >= 0.6 is 11.6 Å². The summed E-state index contributed by atoms with van der Waals surface area (Å²) in [5.74, 6) is 0.672. The van der Waals surface area contributed by atoms with Crippen LogP contribution in [0.3, 0.4) is 0 Å². The molecule has 0 fully saturated rings. The highest BCUT2D eigenvalue weighted by molar-refractivity contribution is 6.33. The lowest BCUT2D eigenvalue weighted by Crippen LogP contribution is -2.31. The van der Waals surface area contributed by atoms with Crippen LogP contribution in [-0.2, 0) is 6.54 Å². The molecule has 0 atom stereocenters. The fourth-order valence-corrected chi connectivity index (χ4v) is 2.61. The van der Waals surface area contributed by atoms with Crippen LogP contribution in [0.2, 0.25) is 5.02 Å². The predicted molar refractivity (Wildman–Crippen MR) is 90.8 cm³/mol. The normalized spacial score (nSPS) is 11.4. The third kappa shape index (κ3) is 5.34. The molecule has 1 aromatic rings. The summed E-state index contributed by atoms with van der Waals surface area (Å²) < 4.78 is 0. The Labute approximate surface area is 129 Å². The van der Waals surface area contributed by atoms with Crippen LogP contribution in [-0.4, -0.2) is 19.1 Å². The summed E-state index contributed by atoms with van der Waals surface area (Å²) in [7, 11) is 0. The van der Waals surface area contributed by atoms with Crippen molar-refractivity contribution in [3.63, 3.8) is 0 Å². The predicted octanol–water partition coefficient (Wildman–Crippen LogP) is 4.71. The second-order valence-electron chi connectivity index (χ2n) is 6.10. The van der Waals surface area contributed by atoms with E-state index in [1.54, 1.807) is 0 Å². The number of halogens is 1. The molecule has 0 saturated heterocycles.